The number of aromatic nitrogens is 4. The molecule has 1 unspecified atom stereocenters. The first-order chi connectivity index (χ1) is 9.70. The highest BCUT2D eigenvalue weighted by Crippen LogP contribution is 2.30. The Morgan fingerprint density at radius 2 is 2.10 bits per heavy atom. The molecular formula is C13H22N4O3. The van der Waals surface area contributed by atoms with Crippen LogP contribution < -0.4 is 0 Å². The third-order valence-electron chi connectivity index (χ3n) is 3.89. The van der Waals surface area contributed by atoms with Crippen molar-refractivity contribution in [3.8, 4) is 0 Å². The van der Waals surface area contributed by atoms with E-state index in [1.54, 1.807) is 4.68 Å². The van der Waals surface area contributed by atoms with Crippen molar-refractivity contribution >= 4 is 5.97 Å². The highest BCUT2D eigenvalue weighted by atomic mass is 16.5. The molecule has 7 heteroatoms. The first-order valence-electron chi connectivity index (χ1n) is 7.21. The Bertz CT molecular complexity index is 427. The lowest BCUT2D eigenvalue weighted by Crippen LogP contribution is -2.24. The summed E-state index contributed by atoms with van der Waals surface area (Å²) in [6, 6.07) is 0. The van der Waals surface area contributed by atoms with E-state index in [0.717, 1.165) is 18.7 Å². The molecule has 1 atom stereocenters. The van der Waals surface area contributed by atoms with Crippen LogP contribution in [0.15, 0.2) is 0 Å². The van der Waals surface area contributed by atoms with Crippen LogP contribution in [0, 0.1) is 0 Å². The first kappa shape index (κ1) is 14.9. The van der Waals surface area contributed by atoms with Gasteiger partial charge in [-0.05, 0) is 23.3 Å². The number of carboxylic acid groups (broad SMARTS) is 1. The van der Waals surface area contributed by atoms with Crippen LogP contribution in [0.1, 0.15) is 56.7 Å². The van der Waals surface area contributed by atoms with E-state index in [0.29, 0.717) is 12.5 Å². The van der Waals surface area contributed by atoms with Gasteiger partial charge in [-0.15, -0.1) is 5.10 Å². The van der Waals surface area contributed by atoms with Gasteiger partial charge < -0.3 is 9.84 Å². The molecule has 7 nitrogen and oxygen atoms in total. The molecule has 0 aromatic carbocycles. The highest BCUT2D eigenvalue weighted by molar-refractivity contribution is 5.67. The molecule has 112 valence electrons. The lowest BCUT2D eigenvalue weighted by Gasteiger charge is -2.17. The monoisotopic (exact) mass is 282 g/mol. The van der Waals surface area contributed by atoms with Crippen LogP contribution in [0.5, 0.6) is 0 Å². The summed E-state index contributed by atoms with van der Waals surface area (Å²) in [5.41, 5.74) is 0. The SMILES string of the molecule is COC(CC(=O)O)Cn1nnnc1C1CCCCCC1. The Morgan fingerprint density at radius 1 is 1.40 bits per heavy atom. The van der Waals surface area contributed by atoms with E-state index < -0.39 is 12.1 Å². The Kier molecular flexibility index (Phi) is 5.46. The molecule has 1 aliphatic rings. The fourth-order valence-corrected chi connectivity index (χ4v) is 2.78. The molecular weight excluding hydrogens is 260 g/mol. The fraction of sp³-hybridized carbons (Fsp3) is 0.846. The van der Waals surface area contributed by atoms with Crippen LogP contribution in [0.2, 0.25) is 0 Å². The first-order valence-corrected chi connectivity index (χ1v) is 7.21. The second kappa shape index (κ2) is 7.33. The molecule has 1 heterocycles. The minimum absolute atomic E-state index is 0.0412. The number of tetrazole rings is 1. The van der Waals surface area contributed by atoms with Gasteiger partial charge in [-0.25, -0.2) is 4.68 Å². The Morgan fingerprint density at radius 3 is 2.70 bits per heavy atom. The van der Waals surface area contributed by atoms with Gasteiger partial charge in [0, 0.05) is 13.0 Å². The lowest BCUT2D eigenvalue weighted by molar-refractivity contribution is -0.140. The maximum Gasteiger partial charge on any atom is 0.306 e. The number of ether oxygens (including phenoxy) is 1. The zero-order valence-electron chi connectivity index (χ0n) is 11.9. The van der Waals surface area contributed by atoms with Gasteiger partial charge in [0.15, 0.2) is 5.82 Å². The van der Waals surface area contributed by atoms with Crippen LogP contribution in [0.3, 0.4) is 0 Å². The number of rotatable bonds is 6. The second-order valence-corrected chi connectivity index (χ2v) is 5.36. The second-order valence-electron chi connectivity index (χ2n) is 5.36. The summed E-state index contributed by atoms with van der Waals surface area (Å²) in [5, 5.41) is 20.8. The van der Waals surface area contributed by atoms with E-state index >= 15 is 0 Å². The molecule has 1 saturated carbocycles. The molecule has 1 aromatic heterocycles. The minimum Gasteiger partial charge on any atom is -0.481 e. The standard InChI is InChI=1S/C13H22N4O3/c1-20-11(8-12(18)19)9-17-13(14-15-16-17)10-6-4-2-3-5-7-10/h10-11H,2-9H2,1H3,(H,18,19). The van der Waals surface area contributed by atoms with Crippen molar-refractivity contribution in [3.05, 3.63) is 5.82 Å². The molecule has 0 aliphatic heterocycles. The molecule has 20 heavy (non-hydrogen) atoms. The normalized spacial score (nSPS) is 18.6. The summed E-state index contributed by atoms with van der Waals surface area (Å²) in [6.07, 6.45) is 6.74. The smallest absolute Gasteiger partial charge is 0.306 e. The van der Waals surface area contributed by atoms with Crippen molar-refractivity contribution in [2.45, 2.75) is 63.5 Å². The highest BCUT2D eigenvalue weighted by Gasteiger charge is 2.23. The molecule has 0 amide bonds. The van der Waals surface area contributed by atoms with Crippen molar-refractivity contribution in [3.63, 3.8) is 0 Å². The molecule has 1 N–H and O–H groups in total. The summed E-state index contributed by atoms with van der Waals surface area (Å²) in [4.78, 5) is 10.8. The average Bonchev–Trinajstić information content (AvgIpc) is 2.71. The van der Waals surface area contributed by atoms with Crippen LogP contribution in [0.25, 0.3) is 0 Å². The Balaban J connectivity index is 2.04. The summed E-state index contributed by atoms with van der Waals surface area (Å²) in [5.74, 6) is 0.384. The maximum absolute atomic E-state index is 10.8. The van der Waals surface area contributed by atoms with Gasteiger partial charge in [0.25, 0.3) is 0 Å². The van der Waals surface area contributed by atoms with E-state index in [1.807, 2.05) is 0 Å². The molecule has 1 fully saturated rings. The number of nitrogens with zero attached hydrogens (tertiary/aromatic N) is 4. The molecule has 0 bridgehead atoms. The van der Waals surface area contributed by atoms with Gasteiger partial charge in [0.2, 0.25) is 0 Å². The average molecular weight is 282 g/mol. The predicted molar refractivity (Wildman–Crippen MR) is 71.3 cm³/mol. The number of hydrogen-bond acceptors (Lipinski definition) is 5. The molecule has 1 aromatic rings. The van der Waals surface area contributed by atoms with Crippen molar-refractivity contribution in [1.29, 1.82) is 0 Å². The predicted octanol–water partition coefficient (Wildman–Crippen LogP) is 1.60. The van der Waals surface area contributed by atoms with Gasteiger partial charge in [-0.3, -0.25) is 4.79 Å². The van der Waals surface area contributed by atoms with Crippen molar-refractivity contribution in [2.75, 3.05) is 7.11 Å². The van der Waals surface area contributed by atoms with E-state index in [9.17, 15) is 4.79 Å². The molecule has 1 aliphatic carbocycles. The van der Waals surface area contributed by atoms with E-state index in [2.05, 4.69) is 15.5 Å². The summed E-state index contributed by atoms with van der Waals surface area (Å²) < 4.78 is 6.92. The molecule has 0 spiro atoms. The van der Waals surface area contributed by atoms with Crippen LogP contribution >= 0.6 is 0 Å². The molecule has 0 radical (unpaired) electrons. The molecule has 0 saturated heterocycles. The third-order valence-corrected chi connectivity index (χ3v) is 3.89. The maximum atomic E-state index is 10.8. The Hall–Kier alpha value is -1.50. The number of aliphatic carboxylic acids is 1. The van der Waals surface area contributed by atoms with E-state index in [4.69, 9.17) is 9.84 Å². The number of carboxylic acids is 1. The quantitative estimate of drug-likeness (QED) is 0.797. The summed E-state index contributed by atoms with van der Waals surface area (Å²) in [7, 11) is 1.52. The van der Waals surface area contributed by atoms with Gasteiger partial charge in [-0.1, -0.05) is 25.7 Å². The molecule has 2 rings (SSSR count). The number of methoxy groups -OCH3 is 1. The van der Waals surface area contributed by atoms with Crippen LogP contribution in [0.4, 0.5) is 0 Å². The van der Waals surface area contributed by atoms with Crippen molar-refractivity contribution < 1.29 is 14.6 Å². The van der Waals surface area contributed by atoms with Gasteiger partial charge in [0.05, 0.1) is 19.1 Å². The minimum atomic E-state index is -0.874. The van der Waals surface area contributed by atoms with Gasteiger partial charge >= 0.3 is 5.97 Å². The zero-order chi connectivity index (χ0) is 14.4. The number of hydrogen-bond donors (Lipinski definition) is 1. The fourth-order valence-electron chi connectivity index (χ4n) is 2.78. The van der Waals surface area contributed by atoms with E-state index in [-0.39, 0.29) is 6.42 Å². The Labute approximate surface area is 118 Å². The van der Waals surface area contributed by atoms with Gasteiger partial charge in [0.1, 0.15) is 0 Å². The summed E-state index contributed by atoms with van der Waals surface area (Å²) >= 11 is 0. The third kappa shape index (κ3) is 4.00. The topological polar surface area (TPSA) is 90.1 Å². The van der Waals surface area contributed by atoms with Crippen LogP contribution in [-0.2, 0) is 16.1 Å². The lowest BCUT2D eigenvalue weighted by atomic mass is 9.99. The van der Waals surface area contributed by atoms with Crippen molar-refractivity contribution in [1.82, 2.24) is 20.2 Å². The van der Waals surface area contributed by atoms with Crippen molar-refractivity contribution in [2.24, 2.45) is 0 Å². The van der Waals surface area contributed by atoms with Gasteiger partial charge in [-0.2, -0.15) is 0 Å². The van der Waals surface area contributed by atoms with E-state index in [1.165, 1.54) is 32.8 Å². The summed E-state index contributed by atoms with van der Waals surface area (Å²) in [6.45, 7) is 0.391. The zero-order valence-corrected chi connectivity index (χ0v) is 11.9. The number of carbonyl (C=O) groups is 1. The largest absolute Gasteiger partial charge is 0.481 e. The van der Waals surface area contributed by atoms with Crippen LogP contribution in [-0.4, -0.2) is 44.5 Å².